The molecule has 4 heteroatoms. The maximum absolute atomic E-state index is 4.23. The molecular formula is C10H12N2S2. The van der Waals surface area contributed by atoms with Crippen molar-refractivity contribution in [2.24, 2.45) is 0 Å². The maximum atomic E-state index is 4.23. The van der Waals surface area contributed by atoms with Gasteiger partial charge in [-0.1, -0.05) is 0 Å². The SMILES string of the molecule is CC(NCc1cscn1)c1ccsc1. The molecule has 2 rings (SSSR count). The van der Waals surface area contributed by atoms with E-state index < -0.39 is 0 Å². The third-order valence-electron chi connectivity index (χ3n) is 2.12. The van der Waals surface area contributed by atoms with Crippen molar-refractivity contribution >= 4 is 22.7 Å². The number of nitrogens with zero attached hydrogens (tertiary/aromatic N) is 1. The summed E-state index contributed by atoms with van der Waals surface area (Å²) in [6.07, 6.45) is 0. The Hall–Kier alpha value is -0.710. The van der Waals surface area contributed by atoms with E-state index in [9.17, 15) is 0 Å². The van der Waals surface area contributed by atoms with E-state index in [1.165, 1.54) is 5.56 Å². The Balaban J connectivity index is 1.87. The lowest BCUT2D eigenvalue weighted by molar-refractivity contribution is 0.570. The van der Waals surface area contributed by atoms with Crippen molar-refractivity contribution in [3.05, 3.63) is 39.0 Å². The van der Waals surface area contributed by atoms with Gasteiger partial charge in [-0.15, -0.1) is 11.3 Å². The summed E-state index contributed by atoms with van der Waals surface area (Å²) in [6.45, 7) is 3.02. The highest BCUT2D eigenvalue weighted by atomic mass is 32.1. The van der Waals surface area contributed by atoms with Crippen LogP contribution in [0.3, 0.4) is 0 Å². The van der Waals surface area contributed by atoms with Crippen LogP contribution in [0.5, 0.6) is 0 Å². The molecule has 74 valence electrons. The summed E-state index contributed by atoms with van der Waals surface area (Å²) in [4.78, 5) is 4.23. The Morgan fingerprint density at radius 3 is 3.00 bits per heavy atom. The Bertz CT molecular complexity index is 353. The van der Waals surface area contributed by atoms with Crippen LogP contribution in [0.25, 0.3) is 0 Å². The molecule has 2 nitrogen and oxygen atoms in total. The normalized spacial score (nSPS) is 12.9. The molecule has 0 amide bonds. The summed E-state index contributed by atoms with van der Waals surface area (Å²) in [5.41, 5.74) is 4.34. The standard InChI is InChI=1S/C10H12N2S2/c1-8(9-2-3-13-5-9)11-4-10-6-14-7-12-10/h2-3,5-8,11H,4H2,1H3. The van der Waals surface area contributed by atoms with Crippen LogP contribution in [0.2, 0.25) is 0 Å². The third-order valence-corrected chi connectivity index (χ3v) is 3.45. The molecule has 1 unspecified atom stereocenters. The third kappa shape index (κ3) is 2.41. The van der Waals surface area contributed by atoms with Gasteiger partial charge in [0.15, 0.2) is 0 Å². The van der Waals surface area contributed by atoms with Crippen LogP contribution in [-0.2, 0) is 6.54 Å². The van der Waals surface area contributed by atoms with Gasteiger partial charge in [0.05, 0.1) is 11.2 Å². The van der Waals surface area contributed by atoms with Gasteiger partial charge in [-0.05, 0) is 29.3 Å². The number of hydrogen-bond acceptors (Lipinski definition) is 4. The molecule has 0 bridgehead atoms. The summed E-state index contributed by atoms with van der Waals surface area (Å²) in [7, 11) is 0. The van der Waals surface area contributed by atoms with Crippen LogP contribution in [0, 0.1) is 0 Å². The summed E-state index contributed by atoms with van der Waals surface area (Å²) in [5.74, 6) is 0. The Morgan fingerprint density at radius 2 is 2.36 bits per heavy atom. The van der Waals surface area contributed by atoms with Gasteiger partial charge in [-0.3, -0.25) is 0 Å². The second kappa shape index (κ2) is 4.68. The average Bonchev–Trinajstić information content (AvgIpc) is 2.87. The fourth-order valence-electron chi connectivity index (χ4n) is 1.22. The van der Waals surface area contributed by atoms with Crippen LogP contribution < -0.4 is 5.32 Å². The number of nitrogens with one attached hydrogen (secondary N) is 1. The van der Waals surface area contributed by atoms with Crippen molar-refractivity contribution in [2.75, 3.05) is 0 Å². The second-order valence-electron chi connectivity index (χ2n) is 3.14. The van der Waals surface area contributed by atoms with E-state index in [1.54, 1.807) is 22.7 Å². The van der Waals surface area contributed by atoms with Gasteiger partial charge < -0.3 is 5.32 Å². The predicted octanol–water partition coefficient (Wildman–Crippen LogP) is 3.06. The lowest BCUT2D eigenvalue weighted by Crippen LogP contribution is -2.17. The minimum Gasteiger partial charge on any atom is -0.305 e. The van der Waals surface area contributed by atoms with Crippen LogP contribution >= 0.6 is 22.7 Å². The fourth-order valence-corrected chi connectivity index (χ4v) is 2.53. The minimum absolute atomic E-state index is 0.406. The molecule has 0 aliphatic heterocycles. The van der Waals surface area contributed by atoms with Gasteiger partial charge >= 0.3 is 0 Å². The number of aromatic nitrogens is 1. The largest absolute Gasteiger partial charge is 0.305 e. The van der Waals surface area contributed by atoms with Gasteiger partial charge in [0, 0.05) is 18.0 Å². The Morgan fingerprint density at radius 1 is 1.43 bits per heavy atom. The first kappa shape index (κ1) is 9.83. The number of thiophene rings is 1. The zero-order valence-corrected chi connectivity index (χ0v) is 9.57. The van der Waals surface area contributed by atoms with E-state index in [0.29, 0.717) is 6.04 Å². The fraction of sp³-hybridized carbons (Fsp3) is 0.300. The average molecular weight is 224 g/mol. The van der Waals surface area contributed by atoms with E-state index in [-0.39, 0.29) is 0 Å². The molecule has 0 aliphatic carbocycles. The van der Waals surface area contributed by atoms with Gasteiger partial charge in [0.1, 0.15) is 0 Å². The van der Waals surface area contributed by atoms with E-state index in [1.807, 2.05) is 5.51 Å². The predicted molar refractivity (Wildman–Crippen MR) is 61.7 cm³/mol. The van der Waals surface area contributed by atoms with E-state index in [2.05, 4.69) is 39.4 Å². The Kier molecular flexibility index (Phi) is 3.29. The maximum Gasteiger partial charge on any atom is 0.0795 e. The number of hydrogen-bond donors (Lipinski definition) is 1. The lowest BCUT2D eigenvalue weighted by atomic mass is 10.2. The molecule has 2 aromatic rings. The summed E-state index contributed by atoms with van der Waals surface area (Å²) >= 11 is 3.38. The summed E-state index contributed by atoms with van der Waals surface area (Å²) in [6, 6.07) is 2.56. The highest BCUT2D eigenvalue weighted by molar-refractivity contribution is 7.08. The van der Waals surface area contributed by atoms with E-state index in [0.717, 1.165) is 12.2 Å². The zero-order valence-electron chi connectivity index (χ0n) is 7.93. The molecule has 0 aromatic carbocycles. The summed E-state index contributed by atoms with van der Waals surface area (Å²) in [5, 5.41) is 9.80. The highest BCUT2D eigenvalue weighted by Crippen LogP contribution is 2.15. The van der Waals surface area contributed by atoms with Gasteiger partial charge in [-0.2, -0.15) is 11.3 Å². The Labute approximate surface area is 91.6 Å². The minimum atomic E-state index is 0.406. The first-order valence-corrected chi connectivity index (χ1v) is 6.37. The van der Waals surface area contributed by atoms with Crippen LogP contribution in [0.15, 0.2) is 27.7 Å². The molecule has 1 atom stereocenters. The molecule has 0 spiro atoms. The number of thiazole rings is 1. The molecule has 0 fully saturated rings. The number of rotatable bonds is 4. The van der Waals surface area contributed by atoms with E-state index >= 15 is 0 Å². The summed E-state index contributed by atoms with van der Waals surface area (Å²) < 4.78 is 0. The van der Waals surface area contributed by atoms with Crippen molar-refractivity contribution in [2.45, 2.75) is 19.5 Å². The second-order valence-corrected chi connectivity index (χ2v) is 4.64. The molecule has 0 radical (unpaired) electrons. The monoisotopic (exact) mass is 224 g/mol. The quantitative estimate of drug-likeness (QED) is 0.863. The van der Waals surface area contributed by atoms with Gasteiger partial charge in [-0.25, -0.2) is 4.98 Å². The van der Waals surface area contributed by atoms with Crippen molar-refractivity contribution in [3.8, 4) is 0 Å². The molecular weight excluding hydrogens is 212 g/mol. The lowest BCUT2D eigenvalue weighted by Gasteiger charge is -2.10. The molecule has 1 N–H and O–H groups in total. The highest BCUT2D eigenvalue weighted by Gasteiger charge is 2.04. The van der Waals surface area contributed by atoms with Crippen molar-refractivity contribution < 1.29 is 0 Å². The van der Waals surface area contributed by atoms with Crippen LogP contribution in [0.4, 0.5) is 0 Å². The molecule has 2 aromatic heterocycles. The molecule has 2 heterocycles. The van der Waals surface area contributed by atoms with Crippen LogP contribution in [0.1, 0.15) is 24.2 Å². The zero-order chi connectivity index (χ0) is 9.80. The molecule has 14 heavy (non-hydrogen) atoms. The molecule has 0 saturated carbocycles. The van der Waals surface area contributed by atoms with Gasteiger partial charge in [0.25, 0.3) is 0 Å². The molecule has 0 aliphatic rings. The van der Waals surface area contributed by atoms with Gasteiger partial charge in [0.2, 0.25) is 0 Å². The smallest absolute Gasteiger partial charge is 0.0795 e. The van der Waals surface area contributed by atoms with Crippen LogP contribution in [-0.4, -0.2) is 4.98 Å². The molecule has 0 saturated heterocycles. The van der Waals surface area contributed by atoms with E-state index in [4.69, 9.17) is 0 Å². The van der Waals surface area contributed by atoms with Crippen molar-refractivity contribution in [3.63, 3.8) is 0 Å². The first-order valence-electron chi connectivity index (χ1n) is 4.49. The van der Waals surface area contributed by atoms with Crippen molar-refractivity contribution in [1.29, 1.82) is 0 Å². The first-order chi connectivity index (χ1) is 6.86. The topological polar surface area (TPSA) is 24.9 Å². The van der Waals surface area contributed by atoms with Crippen molar-refractivity contribution in [1.82, 2.24) is 10.3 Å².